The van der Waals surface area contributed by atoms with Crippen molar-refractivity contribution < 1.29 is 4.79 Å². The number of Topliss-reactive ketones (excluding diaryl/α,β-unsaturated/α-hetero) is 1. The molecule has 23 heavy (non-hydrogen) atoms. The number of rotatable bonds is 3. The molecule has 2 aromatic carbocycles. The number of ketones is 1. The fraction of sp³-hybridized carbons (Fsp3) is 0.0526. The lowest BCUT2D eigenvalue weighted by Crippen LogP contribution is -2.18. The fourth-order valence-electron chi connectivity index (χ4n) is 2.54. The van der Waals surface area contributed by atoms with E-state index >= 15 is 0 Å². The van der Waals surface area contributed by atoms with Crippen molar-refractivity contribution in [1.82, 2.24) is 4.98 Å². The minimum atomic E-state index is -0.385. The lowest BCUT2D eigenvalue weighted by Gasteiger charge is -2.10. The monoisotopic (exact) mass is 323 g/mol. The molecule has 3 nitrogen and oxygen atoms in total. The second-order valence-corrected chi connectivity index (χ2v) is 5.67. The predicted octanol–water partition coefficient (Wildman–Crippen LogP) is 4.56. The largest absolute Gasteiger partial charge is 0.321 e. The Balaban J connectivity index is 2.26. The first kappa shape index (κ1) is 15.3. The van der Waals surface area contributed by atoms with Crippen LogP contribution in [0.4, 0.5) is 0 Å². The van der Waals surface area contributed by atoms with Gasteiger partial charge in [0.15, 0.2) is 5.78 Å². The molecule has 0 fully saturated rings. The SMILES string of the molecule is CC(=O)c1c(-c2ccccc2)cc(-c2ccc(Cl)cc2)[nH]c1=O. The summed E-state index contributed by atoms with van der Waals surface area (Å²) in [5.41, 5.74) is 2.73. The zero-order chi connectivity index (χ0) is 16.4. The average Bonchev–Trinajstić information content (AvgIpc) is 2.55. The van der Waals surface area contributed by atoms with Crippen molar-refractivity contribution in [2.24, 2.45) is 0 Å². The van der Waals surface area contributed by atoms with Crippen LogP contribution < -0.4 is 5.56 Å². The summed E-state index contributed by atoms with van der Waals surface area (Å²) in [6.07, 6.45) is 0. The molecule has 0 aliphatic heterocycles. The van der Waals surface area contributed by atoms with E-state index in [2.05, 4.69) is 4.98 Å². The number of aromatic nitrogens is 1. The summed E-state index contributed by atoms with van der Waals surface area (Å²) in [4.78, 5) is 27.1. The first-order valence-electron chi connectivity index (χ1n) is 7.16. The van der Waals surface area contributed by atoms with Crippen molar-refractivity contribution in [3.63, 3.8) is 0 Å². The number of nitrogens with one attached hydrogen (secondary N) is 1. The molecule has 4 heteroatoms. The number of benzene rings is 2. The Labute approximate surface area is 138 Å². The molecule has 1 heterocycles. The van der Waals surface area contributed by atoms with Crippen LogP contribution in [0, 0.1) is 0 Å². The van der Waals surface area contributed by atoms with Gasteiger partial charge in [-0.1, -0.05) is 54.1 Å². The number of hydrogen-bond donors (Lipinski definition) is 1. The molecule has 0 saturated heterocycles. The predicted molar refractivity (Wildman–Crippen MR) is 92.9 cm³/mol. The molecular weight excluding hydrogens is 310 g/mol. The molecule has 0 aliphatic carbocycles. The van der Waals surface area contributed by atoms with Crippen LogP contribution in [0.25, 0.3) is 22.4 Å². The molecule has 0 amide bonds. The molecule has 3 rings (SSSR count). The van der Waals surface area contributed by atoms with Crippen LogP contribution in [0.15, 0.2) is 65.5 Å². The van der Waals surface area contributed by atoms with Crippen LogP contribution in [0.5, 0.6) is 0 Å². The van der Waals surface area contributed by atoms with E-state index in [4.69, 9.17) is 11.6 Å². The summed E-state index contributed by atoms with van der Waals surface area (Å²) in [5.74, 6) is -0.257. The van der Waals surface area contributed by atoms with Gasteiger partial charge in [0.1, 0.15) is 0 Å². The summed E-state index contributed by atoms with van der Waals surface area (Å²) < 4.78 is 0. The Morgan fingerprint density at radius 1 is 0.957 bits per heavy atom. The number of H-pyrrole nitrogens is 1. The van der Waals surface area contributed by atoms with Gasteiger partial charge >= 0.3 is 0 Å². The van der Waals surface area contributed by atoms with Crippen LogP contribution in [-0.2, 0) is 0 Å². The van der Waals surface area contributed by atoms with Gasteiger partial charge in [-0.3, -0.25) is 9.59 Å². The Hall–Kier alpha value is -2.65. The molecule has 3 aromatic rings. The van der Waals surface area contributed by atoms with Gasteiger partial charge in [0, 0.05) is 16.3 Å². The summed E-state index contributed by atoms with van der Waals surface area (Å²) in [5, 5.41) is 0.625. The lowest BCUT2D eigenvalue weighted by molar-refractivity contribution is 0.101. The molecule has 0 atom stereocenters. The molecular formula is C19H14ClNO2. The second-order valence-electron chi connectivity index (χ2n) is 5.23. The topological polar surface area (TPSA) is 49.9 Å². The van der Waals surface area contributed by atoms with Gasteiger partial charge in [0.2, 0.25) is 0 Å². The normalized spacial score (nSPS) is 10.5. The van der Waals surface area contributed by atoms with Crippen LogP contribution in [-0.4, -0.2) is 10.8 Å². The van der Waals surface area contributed by atoms with Crippen LogP contribution in [0.2, 0.25) is 5.02 Å². The first-order chi connectivity index (χ1) is 11.1. The number of halogens is 1. The van der Waals surface area contributed by atoms with Gasteiger partial charge in [-0.2, -0.15) is 0 Å². The average molecular weight is 324 g/mol. The van der Waals surface area contributed by atoms with E-state index in [0.29, 0.717) is 16.3 Å². The van der Waals surface area contributed by atoms with Crippen molar-refractivity contribution in [3.05, 3.63) is 81.6 Å². The van der Waals surface area contributed by atoms with Crippen LogP contribution in [0.3, 0.4) is 0 Å². The molecule has 114 valence electrons. The molecule has 0 unspecified atom stereocenters. The Kier molecular flexibility index (Phi) is 4.13. The smallest absolute Gasteiger partial charge is 0.259 e. The van der Waals surface area contributed by atoms with Gasteiger partial charge in [-0.25, -0.2) is 0 Å². The quantitative estimate of drug-likeness (QED) is 0.718. The highest BCUT2D eigenvalue weighted by molar-refractivity contribution is 6.30. The maximum absolute atomic E-state index is 12.4. The molecule has 0 bridgehead atoms. The third kappa shape index (κ3) is 3.10. The fourth-order valence-corrected chi connectivity index (χ4v) is 2.67. The third-order valence-corrected chi connectivity index (χ3v) is 3.88. The molecule has 1 aromatic heterocycles. The van der Waals surface area contributed by atoms with Crippen molar-refractivity contribution in [2.75, 3.05) is 0 Å². The van der Waals surface area contributed by atoms with Gasteiger partial charge in [-0.05, 0) is 36.2 Å². The number of pyridine rings is 1. The molecule has 0 aliphatic rings. The van der Waals surface area contributed by atoms with E-state index in [-0.39, 0.29) is 16.9 Å². The van der Waals surface area contributed by atoms with Crippen molar-refractivity contribution in [3.8, 4) is 22.4 Å². The van der Waals surface area contributed by atoms with Crippen molar-refractivity contribution in [2.45, 2.75) is 6.92 Å². The zero-order valence-corrected chi connectivity index (χ0v) is 13.2. The standard InChI is InChI=1S/C19H14ClNO2/c1-12(22)18-16(13-5-3-2-4-6-13)11-17(21-19(18)23)14-7-9-15(20)10-8-14/h2-11H,1H3,(H,21,23). The molecule has 1 N–H and O–H groups in total. The minimum Gasteiger partial charge on any atom is -0.321 e. The van der Waals surface area contributed by atoms with Crippen LogP contribution >= 0.6 is 11.6 Å². The highest BCUT2D eigenvalue weighted by atomic mass is 35.5. The van der Waals surface area contributed by atoms with Gasteiger partial charge in [0.05, 0.1) is 5.56 Å². The Bertz CT molecular complexity index is 912. The summed E-state index contributed by atoms with van der Waals surface area (Å²) in [6.45, 7) is 1.40. The number of aromatic amines is 1. The van der Waals surface area contributed by atoms with E-state index in [1.54, 1.807) is 12.1 Å². The Morgan fingerprint density at radius 2 is 1.61 bits per heavy atom. The number of hydrogen-bond acceptors (Lipinski definition) is 2. The van der Waals surface area contributed by atoms with E-state index in [1.165, 1.54) is 6.92 Å². The summed E-state index contributed by atoms with van der Waals surface area (Å²) in [7, 11) is 0. The van der Waals surface area contributed by atoms with E-state index in [1.807, 2.05) is 48.5 Å². The molecule has 0 saturated carbocycles. The third-order valence-electron chi connectivity index (χ3n) is 3.63. The van der Waals surface area contributed by atoms with E-state index < -0.39 is 0 Å². The summed E-state index contributed by atoms with van der Waals surface area (Å²) >= 11 is 5.91. The molecule has 0 radical (unpaired) electrons. The maximum Gasteiger partial charge on any atom is 0.259 e. The zero-order valence-electron chi connectivity index (χ0n) is 12.5. The highest BCUT2D eigenvalue weighted by Crippen LogP contribution is 2.27. The van der Waals surface area contributed by atoms with Gasteiger partial charge in [-0.15, -0.1) is 0 Å². The number of carbonyl (C=O) groups is 1. The van der Waals surface area contributed by atoms with E-state index in [0.717, 1.165) is 11.1 Å². The van der Waals surface area contributed by atoms with Crippen molar-refractivity contribution >= 4 is 17.4 Å². The van der Waals surface area contributed by atoms with Crippen molar-refractivity contribution in [1.29, 1.82) is 0 Å². The second kappa shape index (κ2) is 6.23. The van der Waals surface area contributed by atoms with Gasteiger partial charge in [0.25, 0.3) is 5.56 Å². The highest BCUT2D eigenvalue weighted by Gasteiger charge is 2.16. The van der Waals surface area contributed by atoms with E-state index in [9.17, 15) is 9.59 Å². The Morgan fingerprint density at radius 3 is 2.22 bits per heavy atom. The molecule has 0 spiro atoms. The lowest BCUT2D eigenvalue weighted by atomic mass is 9.97. The number of carbonyl (C=O) groups excluding carboxylic acids is 1. The maximum atomic E-state index is 12.4. The summed E-state index contributed by atoms with van der Waals surface area (Å²) in [6, 6.07) is 18.4. The minimum absolute atomic E-state index is 0.175. The first-order valence-corrected chi connectivity index (χ1v) is 7.53. The van der Waals surface area contributed by atoms with Gasteiger partial charge < -0.3 is 4.98 Å². The van der Waals surface area contributed by atoms with Crippen LogP contribution in [0.1, 0.15) is 17.3 Å².